The van der Waals surface area contributed by atoms with E-state index in [1.165, 1.54) is 5.39 Å². The molecule has 0 saturated carbocycles. The van der Waals surface area contributed by atoms with E-state index in [0.29, 0.717) is 6.54 Å². The molecule has 0 aliphatic heterocycles. The summed E-state index contributed by atoms with van der Waals surface area (Å²) in [7, 11) is 0. The first kappa shape index (κ1) is 12.3. The molecule has 2 aromatic rings. The molecule has 2 N–H and O–H groups in total. The van der Waals surface area contributed by atoms with Gasteiger partial charge in [-0.3, -0.25) is 4.79 Å². The molecule has 2 rings (SSSR count). The molecule has 0 bridgehead atoms. The SMILES string of the molecule is O=C(NCCc1ccc2[nH]ccc2c1)C(Cl)Cl. The Morgan fingerprint density at radius 3 is 2.94 bits per heavy atom. The number of hydrogen-bond acceptors (Lipinski definition) is 1. The molecule has 1 aromatic carbocycles. The highest BCUT2D eigenvalue weighted by molar-refractivity contribution is 6.53. The summed E-state index contributed by atoms with van der Waals surface area (Å²) in [6.45, 7) is 0.532. The van der Waals surface area contributed by atoms with Crippen molar-refractivity contribution in [1.82, 2.24) is 10.3 Å². The molecule has 3 nitrogen and oxygen atoms in total. The van der Waals surface area contributed by atoms with Crippen LogP contribution < -0.4 is 5.32 Å². The van der Waals surface area contributed by atoms with E-state index in [1.807, 2.05) is 24.4 Å². The summed E-state index contributed by atoms with van der Waals surface area (Å²) in [5.74, 6) is -0.351. The largest absolute Gasteiger partial charge is 0.361 e. The van der Waals surface area contributed by atoms with Crippen LogP contribution in [0.4, 0.5) is 0 Å². The van der Waals surface area contributed by atoms with Crippen LogP contribution in [-0.4, -0.2) is 22.3 Å². The topological polar surface area (TPSA) is 44.9 Å². The average molecular weight is 271 g/mol. The highest BCUT2D eigenvalue weighted by Crippen LogP contribution is 2.14. The Morgan fingerprint density at radius 2 is 2.18 bits per heavy atom. The molecule has 0 unspecified atom stereocenters. The lowest BCUT2D eigenvalue weighted by molar-refractivity contribution is -0.119. The zero-order chi connectivity index (χ0) is 12.3. The van der Waals surface area contributed by atoms with Crippen LogP contribution in [0.1, 0.15) is 5.56 Å². The number of halogens is 2. The van der Waals surface area contributed by atoms with Gasteiger partial charge < -0.3 is 10.3 Å². The maximum absolute atomic E-state index is 11.1. The Kier molecular flexibility index (Phi) is 3.92. The van der Waals surface area contributed by atoms with Gasteiger partial charge in [0.15, 0.2) is 4.84 Å². The van der Waals surface area contributed by atoms with Gasteiger partial charge in [0, 0.05) is 18.3 Å². The van der Waals surface area contributed by atoms with Crippen LogP contribution in [0.2, 0.25) is 0 Å². The third kappa shape index (κ3) is 3.14. The van der Waals surface area contributed by atoms with Gasteiger partial charge in [-0.05, 0) is 35.6 Å². The average Bonchev–Trinajstić information content (AvgIpc) is 2.75. The van der Waals surface area contributed by atoms with E-state index in [2.05, 4.69) is 16.4 Å². The van der Waals surface area contributed by atoms with Gasteiger partial charge in [0.25, 0.3) is 5.91 Å². The number of H-pyrrole nitrogens is 1. The monoisotopic (exact) mass is 270 g/mol. The van der Waals surface area contributed by atoms with Crippen LogP contribution in [0.5, 0.6) is 0 Å². The van der Waals surface area contributed by atoms with Crippen molar-refractivity contribution >= 4 is 40.0 Å². The molecule has 0 radical (unpaired) electrons. The maximum Gasteiger partial charge on any atom is 0.253 e. The van der Waals surface area contributed by atoms with E-state index in [9.17, 15) is 4.79 Å². The number of fused-ring (bicyclic) bond motifs is 1. The van der Waals surface area contributed by atoms with Gasteiger partial charge in [0.2, 0.25) is 0 Å². The van der Waals surface area contributed by atoms with Crippen LogP contribution in [-0.2, 0) is 11.2 Å². The second kappa shape index (κ2) is 5.43. The molecule has 1 heterocycles. The number of aromatic nitrogens is 1. The summed E-state index contributed by atoms with van der Waals surface area (Å²) in [4.78, 5) is 13.3. The van der Waals surface area contributed by atoms with Crippen molar-refractivity contribution in [2.45, 2.75) is 11.3 Å². The molecule has 5 heteroatoms. The second-order valence-corrected chi connectivity index (χ2v) is 4.84. The summed E-state index contributed by atoms with van der Waals surface area (Å²) < 4.78 is 0. The first-order chi connectivity index (χ1) is 8.16. The molecular formula is C12H12Cl2N2O. The molecule has 17 heavy (non-hydrogen) atoms. The Morgan fingerprint density at radius 1 is 1.35 bits per heavy atom. The molecule has 0 spiro atoms. The fourth-order valence-corrected chi connectivity index (χ4v) is 1.82. The molecule has 0 fully saturated rings. The van der Waals surface area contributed by atoms with Crippen LogP contribution in [0.3, 0.4) is 0 Å². The Hall–Kier alpha value is -1.19. The number of carbonyl (C=O) groups excluding carboxylic acids is 1. The van der Waals surface area contributed by atoms with Crippen molar-refractivity contribution in [3.63, 3.8) is 0 Å². The lowest BCUT2D eigenvalue weighted by atomic mass is 10.1. The van der Waals surface area contributed by atoms with Crippen molar-refractivity contribution in [1.29, 1.82) is 0 Å². The number of hydrogen-bond donors (Lipinski definition) is 2. The van der Waals surface area contributed by atoms with E-state index in [1.54, 1.807) is 0 Å². The fourth-order valence-electron chi connectivity index (χ4n) is 1.67. The zero-order valence-corrected chi connectivity index (χ0v) is 10.6. The van der Waals surface area contributed by atoms with Crippen molar-refractivity contribution < 1.29 is 4.79 Å². The van der Waals surface area contributed by atoms with E-state index < -0.39 is 4.84 Å². The van der Waals surface area contributed by atoms with E-state index >= 15 is 0 Å². The summed E-state index contributed by atoms with van der Waals surface area (Å²) in [5.41, 5.74) is 2.28. The quantitative estimate of drug-likeness (QED) is 0.825. The highest BCUT2D eigenvalue weighted by atomic mass is 35.5. The molecule has 0 saturated heterocycles. The summed E-state index contributed by atoms with van der Waals surface area (Å²) in [6, 6.07) is 8.17. The minimum absolute atomic E-state index is 0.351. The lowest BCUT2D eigenvalue weighted by Gasteiger charge is -2.05. The van der Waals surface area contributed by atoms with Gasteiger partial charge in [0.05, 0.1) is 0 Å². The van der Waals surface area contributed by atoms with Gasteiger partial charge in [0.1, 0.15) is 0 Å². The number of carbonyl (C=O) groups is 1. The molecular weight excluding hydrogens is 259 g/mol. The third-order valence-corrected chi connectivity index (χ3v) is 2.93. The molecule has 1 amide bonds. The first-order valence-electron chi connectivity index (χ1n) is 5.29. The van der Waals surface area contributed by atoms with Crippen LogP contribution >= 0.6 is 23.2 Å². The van der Waals surface area contributed by atoms with E-state index in [0.717, 1.165) is 17.5 Å². The minimum Gasteiger partial charge on any atom is -0.361 e. The van der Waals surface area contributed by atoms with Crippen LogP contribution in [0, 0.1) is 0 Å². The maximum atomic E-state index is 11.1. The van der Waals surface area contributed by atoms with Gasteiger partial charge in [-0.2, -0.15) is 0 Å². The molecule has 0 aliphatic carbocycles. The van der Waals surface area contributed by atoms with Gasteiger partial charge in [-0.1, -0.05) is 29.3 Å². The number of benzene rings is 1. The normalized spacial score (nSPS) is 11.0. The number of nitrogens with one attached hydrogen (secondary N) is 2. The smallest absolute Gasteiger partial charge is 0.253 e. The standard InChI is InChI=1S/C12H12Cl2N2O/c13-11(14)12(17)16-5-3-8-1-2-10-9(7-8)4-6-15-10/h1-2,4,6-7,11,15H,3,5H2,(H,16,17). The predicted molar refractivity (Wildman–Crippen MR) is 70.5 cm³/mol. The lowest BCUT2D eigenvalue weighted by Crippen LogP contribution is -2.30. The van der Waals surface area contributed by atoms with Crippen molar-refractivity contribution in [2.75, 3.05) is 6.54 Å². The van der Waals surface area contributed by atoms with Crippen molar-refractivity contribution in [3.8, 4) is 0 Å². The summed E-state index contributed by atoms with van der Waals surface area (Å²) in [5, 5.41) is 3.83. The number of alkyl halides is 2. The zero-order valence-electron chi connectivity index (χ0n) is 9.04. The van der Waals surface area contributed by atoms with Gasteiger partial charge in [-0.15, -0.1) is 0 Å². The van der Waals surface area contributed by atoms with Gasteiger partial charge in [-0.25, -0.2) is 0 Å². The van der Waals surface area contributed by atoms with Crippen molar-refractivity contribution in [2.24, 2.45) is 0 Å². The Balaban J connectivity index is 1.92. The second-order valence-electron chi connectivity index (χ2n) is 3.74. The fraction of sp³-hybridized carbons (Fsp3) is 0.250. The summed E-state index contributed by atoms with van der Waals surface area (Å²) >= 11 is 10.8. The first-order valence-corrected chi connectivity index (χ1v) is 6.16. The Labute approximate surface area is 109 Å². The van der Waals surface area contributed by atoms with Gasteiger partial charge >= 0.3 is 0 Å². The van der Waals surface area contributed by atoms with E-state index in [-0.39, 0.29) is 5.91 Å². The highest BCUT2D eigenvalue weighted by Gasteiger charge is 2.09. The van der Waals surface area contributed by atoms with Crippen LogP contribution in [0.15, 0.2) is 30.5 Å². The number of rotatable bonds is 4. The third-order valence-electron chi connectivity index (χ3n) is 2.53. The molecule has 0 aliphatic rings. The molecule has 90 valence electrons. The van der Waals surface area contributed by atoms with Crippen LogP contribution in [0.25, 0.3) is 10.9 Å². The minimum atomic E-state index is -0.998. The predicted octanol–water partition coefficient (Wildman–Crippen LogP) is 2.63. The van der Waals surface area contributed by atoms with E-state index in [4.69, 9.17) is 23.2 Å². The molecule has 0 atom stereocenters. The number of amides is 1. The Bertz CT molecular complexity index is 522. The molecule has 1 aromatic heterocycles. The summed E-state index contributed by atoms with van der Waals surface area (Å²) in [6.07, 6.45) is 2.66. The number of aromatic amines is 1. The van der Waals surface area contributed by atoms with Crippen molar-refractivity contribution in [3.05, 3.63) is 36.0 Å².